The molecule has 0 aromatic heterocycles. The van der Waals surface area contributed by atoms with E-state index in [1.54, 1.807) is 24.3 Å². The zero-order valence-electron chi connectivity index (χ0n) is 8.47. The number of anilines is 1. The molecule has 0 aliphatic rings. The molecular weight excluding hydrogens is 226 g/mol. The average molecular weight is 237 g/mol. The minimum Gasteiger partial charge on any atom is -0.452 e. The molecule has 0 fully saturated rings. The highest BCUT2D eigenvalue weighted by Crippen LogP contribution is 2.11. The molecule has 0 spiro atoms. The van der Waals surface area contributed by atoms with Crippen LogP contribution in [0.4, 0.5) is 5.69 Å². The normalized spacial score (nSPS) is 9.31. The number of benzene rings is 1. The number of rotatable bonds is 4. The number of thiol groups is 1. The van der Waals surface area contributed by atoms with E-state index in [2.05, 4.69) is 29.3 Å². The van der Waals surface area contributed by atoms with Crippen molar-refractivity contribution >= 4 is 30.2 Å². The highest BCUT2D eigenvalue weighted by atomic mass is 32.1. The fraction of sp³-hybridized carbons (Fsp3) is 0.0909. The molecule has 0 aliphatic carbocycles. The second-order valence-corrected chi connectivity index (χ2v) is 3.42. The lowest BCUT2D eigenvalue weighted by atomic mass is 10.3. The number of carbonyl (C=O) groups is 2. The average Bonchev–Trinajstić information content (AvgIpc) is 2.29. The highest BCUT2D eigenvalue weighted by Gasteiger charge is 2.04. The Hall–Kier alpha value is -1.75. The Morgan fingerprint density at radius 2 is 2.00 bits per heavy atom. The van der Waals surface area contributed by atoms with Crippen molar-refractivity contribution < 1.29 is 14.3 Å². The first-order chi connectivity index (χ1) is 7.61. The topological polar surface area (TPSA) is 55.4 Å². The van der Waals surface area contributed by atoms with Gasteiger partial charge in [-0.3, -0.25) is 4.79 Å². The van der Waals surface area contributed by atoms with E-state index >= 15 is 0 Å². The maximum Gasteiger partial charge on any atom is 0.330 e. The van der Waals surface area contributed by atoms with Gasteiger partial charge in [0, 0.05) is 16.7 Å². The van der Waals surface area contributed by atoms with Gasteiger partial charge < -0.3 is 10.1 Å². The van der Waals surface area contributed by atoms with Crippen LogP contribution < -0.4 is 5.32 Å². The summed E-state index contributed by atoms with van der Waals surface area (Å²) in [6.07, 6.45) is 1.00. The first-order valence-corrected chi connectivity index (χ1v) is 4.94. The molecule has 0 heterocycles. The molecule has 1 aromatic carbocycles. The van der Waals surface area contributed by atoms with E-state index in [4.69, 9.17) is 0 Å². The maximum absolute atomic E-state index is 11.3. The fourth-order valence-electron chi connectivity index (χ4n) is 0.937. The summed E-state index contributed by atoms with van der Waals surface area (Å²) in [5, 5.41) is 2.56. The first kappa shape index (κ1) is 12.3. The maximum atomic E-state index is 11.3. The molecule has 5 heteroatoms. The van der Waals surface area contributed by atoms with Gasteiger partial charge in [0.1, 0.15) is 0 Å². The van der Waals surface area contributed by atoms with Crippen molar-refractivity contribution in [2.45, 2.75) is 4.90 Å². The molecule has 0 unspecified atom stereocenters. The Labute approximate surface area is 98.7 Å². The van der Waals surface area contributed by atoms with E-state index in [1.807, 2.05) is 0 Å². The number of carbonyl (C=O) groups excluding carboxylic acids is 2. The van der Waals surface area contributed by atoms with E-state index in [1.165, 1.54) is 0 Å². The first-order valence-electron chi connectivity index (χ1n) is 4.50. The summed E-state index contributed by atoms with van der Waals surface area (Å²) < 4.78 is 4.56. The van der Waals surface area contributed by atoms with Crippen LogP contribution >= 0.6 is 12.6 Å². The van der Waals surface area contributed by atoms with Gasteiger partial charge in [-0.15, -0.1) is 12.6 Å². The zero-order valence-corrected chi connectivity index (χ0v) is 9.37. The second-order valence-electron chi connectivity index (χ2n) is 2.91. The monoisotopic (exact) mass is 237 g/mol. The lowest BCUT2D eigenvalue weighted by Crippen LogP contribution is -2.19. The summed E-state index contributed by atoms with van der Waals surface area (Å²) in [6, 6.07) is 6.90. The Kier molecular flexibility index (Phi) is 4.60. The van der Waals surface area contributed by atoms with Crippen LogP contribution in [0.15, 0.2) is 41.8 Å². The molecule has 0 atom stereocenters. The van der Waals surface area contributed by atoms with Crippen molar-refractivity contribution in [1.29, 1.82) is 0 Å². The predicted molar refractivity (Wildman–Crippen MR) is 63.5 cm³/mol. The van der Waals surface area contributed by atoms with Crippen LogP contribution in [0.5, 0.6) is 0 Å². The number of hydrogen-bond acceptors (Lipinski definition) is 4. The molecule has 0 radical (unpaired) electrons. The molecule has 1 amide bonds. The Balaban J connectivity index is 2.42. The van der Waals surface area contributed by atoms with Crippen LogP contribution in [0.25, 0.3) is 0 Å². The Morgan fingerprint density at radius 1 is 1.38 bits per heavy atom. The van der Waals surface area contributed by atoms with Crippen molar-refractivity contribution in [3.05, 3.63) is 36.9 Å². The smallest absolute Gasteiger partial charge is 0.330 e. The third kappa shape index (κ3) is 4.18. The van der Waals surface area contributed by atoms with Crippen molar-refractivity contribution in [2.24, 2.45) is 0 Å². The molecular formula is C11H11NO3S. The Morgan fingerprint density at radius 3 is 2.56 bits per heavy atom. The summed E-state index contributed by atoms with van der Waals surface area (Å²) in [4.78, 5) is 22.8. The van der Waals surface area contributed by atoms with Crippen LogP contribution in [0.2, 0.25) is 0 Å². The summed E-state index contributed by atoms with van der Waals surface area (Å²) in [6.45, 7) is 2.89. The Bertz CT molecular complexity index is 400. The predicted octanol–water partition coefficient (Wildman–Crippen LogP) is 1.64. The molecule has 0 saturated heterocycles. The van der Waals surface area contributed by atoms with Crippen molar-refractivity contribution in [3.63, 3.8) is 0 Å². The standard InChI is InChI=1S/C11H11NO3S/c1-2-11(14)15-7-10(13)12-8-3-5-9(16)6-4-8/h2-6,16H,1,7H2,(H,12,13). The minimum absolute atomic E-state index is 0.326. The van der Waals surface area contributed by atoms with Crippen LogP contribution in [0.3, 0.4) is 0 Å². The largest absolute Gasteiger partial charge is 0.452 e. The van der Waals surface area contributed by atoms with Gasteiger partial charge in [0.15, 0.2) is 6.61 Å². The molecule has 4 nitrogen and oxygen atoms in total. The number of ether oxygens (including phenoxy) is 1. The SMILES string of the molecule is C=CC(=O)OCC(=O)Nc1ccc(S)cc1. The van der Waals surface area contributed by atoms with Crippen LogP contribution in [-0.2, 0) is 14.3 Å². The van der Waals surface area contributed by atoms with E-state index in [9.17, 15) is 9.59 Å². The van der Waals surface area contributed by atoms with Crippen molar-refractivity contribution in [3.8, 4) is 0 Å². The molecule has 0 aliphatic heterocycles. The van der Waals surface area contributed by atoms with Gasteiger partial charge in [-0.2, -0.15) is 0 Å². The number of nitrogens with one attached hydrogen (secondary N) is 1. The highest BCUT2D eigenvalue weighted by molar-refractivity contribution is 7.80. The summed E-state index contributed by atoms with van der Waals surface area (Å²) in [5.74, 6) is -1.03. The lowest BCUT2D eigenvalue weighted by Gasteiger charge is -2.05. The van der Waals surface area contributed by atoms with Crippen molar-refractivity contribution in [2.75, 3.05) is 11.9 Å². The van der Waals surface area contributed by atoms with Crippen LogP contribution in [0.1, 0.15) is 0 Å². The van der Waals surface area contributed by atoms with Gasteiger partial charge in [0.2, 0.25) is 0 Å². The van der Waals surface area contributed by atoms with Gasteiger partial charge in [0.25, 0.3) is 5.91 Å². The molecule has 1 rings (SSSR count). The van der Waals surface area contributed by atoms with Crippen LogP contribution in [-0.4, -0.2) is 18.5 Å². The molecule has 16 heavy (non-hydrogen) atoms. The number of esters is 1. The second kappa shape index (κ2) is 5.97. The van der Waals surface area contributed by atoms with Gasteiger partial charge >= 0.3 is 5.97 Å². The zero-order chi connectivity index (χ0) is 12.0. The van der Waals surface area contributed by atoms with E-state index < -0.39 is 11.9 Å². The van der Waals surface area contributed by atoms with Gasteiger partial charge in [0.05, 0.1) is 0 Å². The van der Waals surface area contributed by atoms with Gasteiger partial charge in [-0.1, -0.05) is 6.58 Å². The van der Waals surface area contributed by atoms with Gasteiger partial charge in [-0.25, -0.2) is 4.79 Å². The number of hydrogen-bond donors (Lipinski definition) is 2. The molecule has 84 valence electrons. The van der Waals surface area contributed by atoms with E-state index in [-0.39, 0.29) is 6.61 Å². The molecule has 1 N–H and O–H groups in total. The molecule has 0 saturated carbocycles. The fourth-order valence-corrected chi connectivity index (χ4v) is 1.09. The quantitative estimate of drug-likeness (QED) is 0.475. The molecule has 0 bridgehead atoms. The number of amides is 1. The summed E-state index contributed by atoms with van der Waals surface area (Å²) in [7, 11) is 0. The lowest BCUT2D eigenvalue weighted by molar-refractivity contribution is -0.142. The van der Waals surface area contributed by atoms with Crippen LogP contribution in [0, 0.1) is 0 Å². The van der Waals surface area contributed by atoms with Gasteiger partial charge in [-0.05, 0) is 24.3 Å². The summed E-state index contributed by atoms with van der Waals surface area (Å²) in [5.41, 5.74) is 0.623. The third-order valence-electron chi connectivity index (χ3n) is 1.66. The van der Waals surface area contributed by atoms with E-state index in [0.29, 0.717) is 5.69 Å². The third-order valence-corrected chi connectivity index (χ3v) is 1.96. The molecule has 1 aromatic rings. The van der Waals surface area contributed by atoms with E-state index in [0.717, 1.165) is 11.0 Å². The van der Waals surface area contributed by atoms with Crippen molar-refractivity contribution in [1.82, 2.24) is 0 Å². The summed E-state index contributed by atoms with van der Waals surface area (Å²) >= 11 is 4.11. The minimum atomic E-state index is -0.624.